The Labute approximate surface area is 72.5 Å². The lowest BCUT2D eigenvalue weighted by Crippen LogP contribution is -2.30. The van der Waals surface area contributed by atoms with Gasteiger partial charge in [-0.3, -0.25) is 4.79 Å². The first kappa shape index (κ1) is 8.85. The highest BCUT2D eigenvalue weighted by molar-refractivity contribution is 6.18. The molecule has 0 aromatic carbocycles. The van der Waals surface area contributed by atoms with Crippen molar-refractivity contribution in [2.75, 3.05) is 19.0 Å². The van der Waals surface area contributed by atoms with Gasteiger partial charge in [0.25, 0.3) is 0 Å². The molecule has 1 aliphatic heterocycles. The third kappa shape index (κ3) is 2.37. The van der Waals surface area contributed by atoms with E-state index < -0.39 is 0 Å². The SMILES string of the molecule is CC(CCl)CN1CCCC1=O. The zero-order valence-corrected chi connectivity index (χ0v) is 7.60. The Balaban J connectivity index is 2.30. The topological polar surface area (TPSA) is 20.3 Å². The zero-order valence-electron chi connectivity index (χ0n) is 6.85. The van der Waals surface area contributed by atoms with Crippen LogP contribution in [0, 0.1) is 5.92 Å². The van der Waals surface area contributed by atoms with Gasteiger partial charge in [0.2, 0.25) is 5.91 Å². The average molecular weight is 176 g/mol. The zero-order chi connectivity index (χ0) is 8.27. The summed E-state index contributed by atoms with van der Waals surface area (Å²) < 4.78 is 0. The van der Waals surface area contributed by atoms with Gasteiger partial charge in [0, 0.05) is 25.4 Å². The monoisotopic (exact) mass is 175 g/mol. The summed E-state index contributed by atoms with van der Waals surface area (Å²) in [5, 5.41) is 0. The molecule has 0 aromatic rings. The first-order valence-corrected chi connectivity index (χ1v) is 4.61. The maximum atomic E-state index is 11.1. The number of hydrogen-bond acceptors (Lipinski definition) is 1. The Morgan fingerprint density at radius 2 is 2.45 bits per heavy atom. The van der Waals surface area contributed by atoms with Crippen LogP contribution in [-0.2, 0) is 4.79 Å². The molecule has 0 saturated carbocycles. The van der Waals surface area contributed by atoms with Crippen molar-refractivity contribution < 1.29 is 4.79 Å². The molecule has 1 fully saturated rings. The van der Waals surface area contributed by atoms with Crippen LogP contribution in [0.3, 0.4) is 0 Å². The highest BCUT2D eigenvalue weighted by Gasteiger charge is 2.20. The van der Waals surface area contributed by atoms with Crippen molar-refractivity contribution in [1.82, 2.24) is 4.90 Å². The van der Waals surface area contributed by atoms with Crippen molar-refractivity contribution in [3.63, 3.8) is 0 Å². The second-order valence-corrected chi connectivity index (χ2v) is 3.51. The Morgan fingerprint density at radius 3 is 2.91 bits per heavy atom. The van der Waals surface area contributed by atoms with Crippen molar-refractivity contribution in [3.05, 3.63) is 0 Å². The Morgan fingerprint density at radius 1 is 1.73 bits per heavy atom. The molecule has 3 heteroatoms. The predicted molar refractivity (Wildman–Crippen MR) is 45.7 cm³/mol. The molecule has 1 saturated heterocycles. The minimum absolute atomic E-state index is 0.293. The number of nitrogens with zero attached hydrogens (tertiary/aromatic N) is 1. The van der Waals surface area contributed by atoms with Crippen LogP contribution in [0.5, 0.6) is 0 Å². The van der Waals surface area contributed by atoms with Gasteiger partial charge in [-0.15, -0.1) is 11.6 Å². The van der Waals surface area contributed by atoms with Crippen LogP contribution >= 0.6 is 11.6 Å². The van der Waals surface area contributed by atoms with E-state index in [2.05, 4.69) is 6.92 Å². The Kier molecular flexibility index (Phi) is 3.18. The molecule has 1 atom stereocenters. The second-order valence-electron chi connectivity index (χ2n) is 3.20. The fourth-order valence-corrected chi connectivity index (χ4v) is 1.42. The Hall–Kier alpha value is -0.240. The van der Waals surface area contributed by atoms with E-state index in [-0.39, 0.29) is 0 Å². The largest absolute Gasteiger partial charge is 0.342 e. The molecular formula is C8H14ClNO. The number of alkyl halides is 1. The smallest absolute Gasteiger partial charge is 0.222 e. The normalized spacial score (nSPS) is 20.9. The summed E-state index contributed by atoms with van der Waals surface area (Å²) in [5.41, 5.74) is 0. The van der Waals surface area contributed by atoms with E-state index in [1.807, 2.05) is 4.90 Å². The average Bonchev–Trinajstić information content (AvgIpc) is 2.37. The fourth-order valence-electron chi connectivity index (χ4n) is 1.32. The van der Waals surface area contributed by atoms with E-state index in [0.717, 1.165) is 25.9 Å². The molecule has 2 nitrogen and oxygen atoms in total. The van der Waals surface area contributed by atoms with Crippen LogP contribution < -0.4 is 0 Å². The summed E-state index contributed by atoms with van der Waals surface area (Å²) >= 11 is 5.64. The summed E-state index contributed by atoms with van der Waals surface area (Å²) in [4.78, 5) is 13.0. The van der Waals surface area contributed by atoms with Gasteiger partial charge in [-0.1, -0.05) is 6.92 Å². The molecular weight excluding hydrogens is 162 g/mol. The van der Waals surface area contributed by atoms with Gasteiger partial charge in [-0.2, -0.15) is 0 Å². The van der Waals surface area contributed by atoms with Gasteiger partial charge in [0.05, 0.1) is 0 Å². The molecule has 0 aromatic heterocycles. The summed E-state index contributed by atoms with van der Waals surface area (Å²) in [5.74, 6) is 1.37. The molecule has 0 radical (unpaired) electrons. The van der Waals surface area contributed by atoms with Crippen molar-refractivity contribution in [2.45, 2.75) is 19.8 Å². The summed E-state index contributed by atoms with van der Waals surface area (Å²) in [6.45, 7) is 3.83. The summed E-state index contributed by atoms with van der Waals surface area (Å²) in [6.07, 6.45) is 1.75. The summed E-state index contributed by atoms with van der Waals surface area (Å²) in [6, 6.07) is 0. The number of halogens is 1. The minimum atomic E-state index is 0.293. The highest BCUT2D eigenvalue weighted by atomic mass is 35.5. The lowest BCUT2D eigenvalue weighted by Gasteiger charge is -2.18. The maximum Gasteiger partial charge on any atom is 0.222 e. The number of likely N-dealkylation sites (tertiary alicyclic amines) is 1. The lowest BCUT2D eigenvalue weighted by molar-refractivity contribution is -0.128. The number of carbonyl (C=O) groups is 1. The standard InChI is InChI=1S/C8H14ClNO/c1-7(5-9)6-10-4-2-3-8(10)11/h7H,2-6H2,1H3. The molecule has 1 unspecified atom stereocenters. The summed E-state index contributed by atoms with van der Waals surface area (Å²) in [7, 11) is 0. The van der Waals surface area contributed by atoms with E-state index in [1.54, 1.807) is 0 Å². The fraction of sp³-hybridized carbons (Fsp3) is 0.875. The maximum absolute atomic E-state index is 11.1. The van der Waals surface area contributed by atoms with Gasteiger partial charge in [0.1, 0.15) is 0 Å². The number of amides is 1. The number of hydrogen-bond donors (Lipinski definition) is 0. The van der Waals surface area contributed by atoms with Crippen LogP contribution in [0.4, 0.5) is 0 Å². The molecule has 1 rings (SSSR count). The van der Waals surface area contributed by atoms with Gasteiger partial charge in [-0.25, -0.2) is 0 Å². The quantitative estimate of drug-likeness (QED) is 0.596. The van der Waals surface area contributed by atoms with E-state index in [1.165, 1.54) is 0 Å². The molecule has 0 N–H and O–H groups in total. The van der Waals surface area contributed by atoms with E-state index in [0.29, 0.717) is 17.7 Å². The third-order valence-corrected chi connectivity index (χ3v) is 2.49. The molecule has 64 valence electrons. The number of carbonyl (C=O) groups excluding carboxylic acids is 1. The van der Waals surface area contributed by atoms with Gasteiger partial charge in [0.15, 0.2) is 0 Å². The number of rotatable bonds is 3. The molecule has 0 aliphatic carbocycles. The van der Waals surface area contributed by atoms with Crippen molar-refractivity contribution in [3.8, 4) is 0 Å². The molecule has 0 spiro atoms. The first-order chi connectivity index (χ1) is 5.24. The van der Waals surface area contributed by atoms with Gasteiger partial charge < -0.3 is 4.90 Å². The van der Waals surface area contributed by atoms with Crippen molar-refractivity contribution in [2.24, 2.45) is 5.92 Å². The van der Waals surface area contributed by atoms with Crippen LogP contribution in [0.15, 0.2) is 0 Å². The van der Waals surface area contributed by atoms with E-state index >= 15 is 0 Å². The van der Waals surface area contributed by atoms with Crippen LogP contribution in [0.1, 0.15) is 19.8 Å². The third-order valence-electron chi connectivity index (χ3n) is 1.97. The minimum Gasteiger partial charge on any atom is -0.342 e. The molecule has 1 aliphatic rings. The van der Waals surface area contributed by atoms with Crippen LogP contribution in [0.2, 0.25) is 0 Å². The van der Waals surface area contributed by atoms with Crippen molar-refractivity contribution >= 4 is 17.5 Å². The molecule has 11 heavy (non-hydrogen) atoms. The second kappa shape index (κ2) is 3.96. The predicted octanol–water partition coefficient (Wildman–Crippen LogP) is 1.48. The lowest BCUT2D eigenvalue weighted by atomic mass is 10.2. The molecule has 0 bridgehead atoms. The molecule has 1 amide bonds. The van der Waals surface area contributed by atoms with Crippen molar-refractivity contribution in [1.29, 1.82) is 0 Å². The van der Waals surface area contributed by atoms with Crippen LogP contribution in [-0.4, -0.2) is 29.8 Å². The van der Waals surface area contributed by atoms with E-state index in [9.17, 15) is 4.79 Å². The Bertz CT molecular complexity index is 149. The van der Waals surface area contributed by atoms with E-state index in [4.69, 9.17) is 11.6 Å². The highest BCUT2D eigenvalue weighted by Crippen LogP contribution is 2.12. The van der Waals surface area contributed by atoms with Crippen LogP contribution in [0.25, 0.3) is 0 Å². The van der Waals surface area contributed by atoms with Gasteiger partial charge >= 0.3 is 0 Å². The van der Waals surface area contributed by atoms with Gasteiger partial charge in [-0.05, 0) is 12.3 Å². The molecule has 1 heterocycles. The first-order valence-electron chi connectivity index (χ1n) is 4.07.